The Hall–Kier alpha value is 0.430. The van der Waals surface area contributed by atoms with E-state index in [1.165, 1.54) is 38.5 Å². The summed E-state index contributed by atoms with van der Waals surface area (Å²) in [6.45, 7) is 23.1. The average molecular weight is 449 g/mol. The van der Waals surface area contributed by atoms with E-state index in [9.17, 15) is 0 Å². The van der Waals surface area contributed by atoms with Gasteiger partial charge in [-0.05, 0) is 109 Å². The molecule has 3 aliphatic rings. The zero-order valence-corrected chi connectivity index (χ0v) is 23.6. The summed E-state index contributed by atoms with van der Waals surface area (Å²) in [6.07, 6.45) is 13.7. The fourth-order valence-electron chi connectivity index (χ4n) is 8.22. The first kappa shape index (κ1) is 26.0. The SMILES string of the molecule is CC1CCC(C(C)C)C(P(C2CC(C)CCC2C(C)C)C2CC(C)CCC2C(C)C)C1. The van der Waals surface area contributed by atoms with Crippen LogP contribution in [0, 0.1) is 53.3 Å². The molecule has 0 aromatic heterocycles. The van der Waals surface area contributed by atoms with Gasteiger partial charge in [0.05, 0.1) is 0 Å². The van der Waals surface area contributed by atoms with Crippen molar-refractivity contribution in [2.45, 2.75) is 137 Å². The van der Waals surface area contributed by atoms with Gasteiger partial charge in [-0.3, -0.25) is 0 Å². The lowest BCUT2D eigenvalue weighted by molar-refractivity contribution is 0.205. The summed E-state index contributed by atoms with van der Waals surface area (Å²) in [4.78, 5) is 0. The minimum atomic E-state index is 0.0897. The first-order chi connectivity index (χ1) is 14.6. The van der Waals surface area contributed by atoms with Crippen LogP contribution in [-0.2, 0) is 0 Å². The van der Waals surface area contributed by atoms with E-state index < -0.39 is 0 Å². The highest BCUT2D eigenvalue weighted by atomic mass is 31.1. The van der Waals surface area contributed by atoms with E-state index >= 15 is 0 Å². The highest BCUT2D eigenvalue weighted by Gasteiger charge is 2.49. The van der Waals surface area contributed by atoms with Crippen LogP contribution in [-0.4, -0.2) is 17.0 Å². The molecule has 0 saturated heterocycles. The molecule has 0 nitrogen and oxygen atoms in total. The van der Waals surface area contributed by atoms with Gasteiger partial charge in [0.2, 0.25) is 0 Å². The Labute approximate surface area is 198 Å². The maximum atomic E-state index is 2.59. The van der Waals surface area contributed by atoms with Crippen LogP contribution in [0.15, 0.2) is 0 Å². The van der Waals surface area contributed by atoms with Crippen LogP contribution in [0.25, 0.3) is 0 Å². The molecule has 182 valence electrons. The van der Waals surface area contributed by atoms with Gasteiger partial charge in [0, 0.05) is 0 Å². The number of hydrogen-bond donors (Lipinski definition) is 0. The van der Waals surface area contributed by atoms with Crippen molar-refractivity contribution in [1.82, 2.24) is 0 Å². The van der Waals surface area contributed by atoms with Gasteiger partial charge in [0.1, 0.15) is 0 Å². The lowest BCUT2D eigenvalue weighted by atomic mass is 9.76. The molecule has 0 radical (unpaired) electrons. The maximum absolute atomic E-state index is 2.59. The summed E-state index contributed by atoms with van der Waals surface area (Å²) >= 11 is 0. The van der Waals surface area contributed by atoms with Crippen LogP contribution in [0.5, 0.6) is 0 Å². The van der Waals surface area contributed by atoms with Gasteiger partial charge in [-0.15, -0.1) is 0 Å². The molecule has 0 bridgehead atoms. The number of rotatable bonds is 6. The summed E-state index contributed by atoms with van der Waals surface area (Å²) in [5, 5.41) is 0. The third-order valence-corrected chi connectivity index (χ3v) is 14.2. The minimum absolute atomic E-state index is 0.0897. The fraction of sp³-hybridized carbons (Fsp3) is 1.00. The highest BCUT2D eigenvalue weighted by Crippen LogP contribution is 2.68. The molecular formula is C30H57P. The van der Waals surface area contributed by atoms with Crippen molar-refractivity contribution in [3.05, 3.63) is 0 Å². The maximum Gasteiger partial charge on any atom is -0.0171 e. The van der Waals surface area contributed by atoms with Gasteiger partial charge in [0.25, 0.3) is 0 Å². The van der Waals surface area contributed by atoms with Crippen molar-refractivity contribution >= 4 is 7.92 Å². The standard InChI is InChI=1S/C30H57P/c1-19(2)25-13-10-22(7)16-28(25)31(29-17-23(8)11-14-26(29)20(3)4)30-18-24(9)12-15-27(30)21(5)6/h19-30H,10-18H2,1-9H3. The third-order valence-electron chi connectivity index (χ3n) is 10.1. The zero-order chi connectivity index (χ0) is 22.9. The predicted octanol–water partition coefficient (Wildman–Crippen LogP) is 9.85. The highest BCUT2D eigenvalue weighted by molar-refractivity contribution is 7.60. The second kappa shape index (κ2) is 11.2. The molecule has 0 amide bonds. The second-order valence-electron chi connectivity index (χ2n) is 13.6. The van der Waals surface area contributed by atoms with Crippen LogP contribution < -0.4 is 0 Å². The van der Waals surface area contributed by atoms with E-state index in [0.29, 0.717) is 0 Å². The molecule has 3 aliphatic carbocycles. The van der Waals surface area contributed by atoms with Crippen LogP contribution >= 0.6 is 7.92 Å². The van der Waals surface area contributed by atoms with Crippen molar-refractivity contribution in [2.24, 2.45) is 53.3 Å². The molecule has 0 aromatic carbocycles. The molecule has 3 saturated carbocycles. The van der Waals surface area contributed by atoms with Crippen molar-refractivity contribution in [3.63, 3.8) is 0 Å². The molecule has 31 heavy (non-hydrogen) atoms. The Bertz CT molecular complexity index is 460. The smallest absolute Gasteiger partial charge is 0.0171 e. The van der Waals surface area contributed by atoms with Crippen LogP contribution in [0.3, 0.4) is 0 Å². The predicted molar refractivity (Wildman–Crippen MR) is 142 cm³/mol. The molecule has 3 fully saturated rings. The Morgan fingerprint density at radius 3 is 0.935 bits per heavy atom. The summed E-state index contributed by atoms with van der Waals surface area (Å²) < 4.78 is 0. The monoisotopic (exact) mass is 448 g/mol. The Morgan fingerprint density at radius 2 is 0.710 bits per heavy atom. The minimum Gasteiger partial charge on any atom is -0.0962 e. The van der Waals surface area contributed by atoms with Crippen molar-refractivity contribution in [3.8, 4) is 0 Å². The molecule has 0 aromatic rings. The lowest BCUT2D eigenvalue weighted by Crippen LogP contribution is -2.44. The van der Waals surface area contributed by atoms with Crippen LogP contribution in [0.1, 0.15) is 120 Å². The fourth-order valence-corrected chi connectivity index (χ4v) is 14.3. The lowest BCUT2D eigenvalue weighted by Gasteiger charge is -2.55. The first-order valence-electron chi connectivity index (χ1n) is 14.4. The van der Waals surface area contributed by atoms with Gasteiger partial charge in [-0.2, -0.15) is 0 Å². The van der Waals surface area contributed by atoms with Gasteiger partial charge in [-0.1, -0.05) is 89.5 Å². The molecule has 1 heteroatoms. The molecule has 0 N–H and O–H groups in total. The topological polar surface area (TPSA) is 0 Å². The largest absolute Gasteiger partial charge is 0.0962 e. The average Bonchev–Trinajstić information content (AvgIpc) is 2.67. The Kier molecular flexibility index (Phi) is 9.44. The van der Waals surface area contributed by atoms with Gasteiger partial charge < -0.3 is 0 Å². The summed E-state index contributed by atoms with van der Waals surface area (Å²) in [7, 11) is 0.0897. The first-order valence-corrected chi connectivity index (χ1v) is 15.9. The van der Waals surface area contributed by atoms with E-state index in [1.807, 2.05) is 0 Å². The molecular weight excluding hydrogens is 391 g/mol. The molecule has 0 spiro atoms. The van der Waals surface area contributed by atoms with Gasteiger partial charge >= 0.3 is 0 Å². The zero-order valence-electron chi connectivity index (χ0n) is 22.7. The van der Waals surface area contributed by atoms with Crippen LogP contribution in [0.4, 0.5) is 0 Å². The van der Waals surface area contributed by atoms with E-state index in [1.54, 1.807) is 19.3 Å². The Morgan fingerprint density at radius 1 is 0.452 bits per heavy atom. The molecule has 0 aliphatic heterocycles. The Balaban J connectivity index is 2.05. The molecule has 0 heterocycles. The molecule has 9 unspecified atom stereocenters. The van der Waals surface area contributed by atoms with Crippen molar-refractivity contribution < 1.29 is 0 Å². The summed E-state index contributed by atoms with van der Waals surface area (Å²) in [5.74, 6) is 8.50. The van der Waals surface area contributed by atoms with Gasteiger partial charge in [-0.25, -0.2) is 0 Å². The second-order valence-corrected chi connectivity index (χ2v) is 16.5. The summed E-state index contributed by atoms with van der Waals surface area (Å²) in [5.41, 5.74) is 3.14. The van der Waals surface area contributed by atoms with E-state index in [0.717, 1.165) is 70.2 Å². The van der Waals surface area contributed by atoms with E-state index in [-0.39, 0.29) is 7.92 Å². The quantitative estimate of drug-likeness (QED) is 0.355. The normalized spacial score (nSPS) is 43.5. The molecule has 9 atom stereocenters. The van der Waals surface area contributed by atoms with Crippen LogP contribution in [0.2, 0.25) is 0 Å². The van der Waals surface area contributed by atoms with E-state index in [4.69, 9.17) is 0 Å². The molecule has 3 rings (SSSR count). The van der Waals surface area contributed by atoms with Gasteiger partial charge in [0.15, 0.2) is 0 Å². The van der Waals surface area contributed by atoms with Crippen molar-refractivity contribution in [2.75, 3.05) is 0 Å². The van der Waals surface area contributed by atoms with Crippen molar-refractivity contribution in [1.29, 1.82) is 0 Å². The number of hydrogen-bond acceptors (Lipinski definition) is 0. The third kappa shape index (κ3) is 6.11. The van der Waals surface area contributed by atoms with E-state index in [2.05, 4.69) is 62.3 Å². The summed E-state index contributed by atoms with van der Waals surface area (Å²) in [6, 6.07) is 0.